The normalized spacial score (nSPS) is 14.2. The first-order chi connectivity index (χ1) is 19.2. The SMILES string of the molecule is CCOC(=O)c1ccc(N2C(=O)NC(=O)/C(=C\c3cc(Cl)c(OCc4ccccc4Br)c(OCC)c3)C2=O)cc1. The second-order valence-electron chi connectivity index (χ2n) is 8.37. The smallest absolute Gasteiger partial charge is 0.338 e. The van der Waals surface area contributed by atoms with Crippen LogP contribution in [0.4, 0.5) is 10.5 Å². The van der Waals surface area contributed by atoms with Crippen LogP contribution in [0.2, 0.25) is 5.02 Å². The molecule has 206 valence electrons. The van der Waals surface area contributed by atoms with Gasteiger partial charge in [-0.15, -0.1) is 0 Å². The Balaban J connectivity index is 1.63. The minimum Gasteiger partial charge on any atom is -0.490 e. The zero-order valence-electron chi connectivity index (χ0n) is 21.5. The third-order valence-corrected chi connectivity index (χ3v) is 6.77. The molecule has 40 heavy (non-hydrogen) atoms. The maximum Gasteiger partial charge on any atom is 0.338 e. The van der Waals surface area contributed by atoms with Gasteiger partial charge in [0.25, 0.3) is 11.8 Å². The van der Waals surface area contributed by atoms with Crippen LogP contribution in [0.15, 0.2) is 70.7 Å². The van der Waals surface area contributed by atoms with Crippen molar-refractivity contribution in [2.24, 2.45) is 0 Å². The van der Waals surface area contributed by atoms with Gasteiger partial charge in [-0.25, -0.2) is 14.5 Å². The van der Waals surface area contributed by atoms with Gasteiger partial charge in [0.1, 0.15) is 12.2 Å². The van der Waals surface area contributed by atoms with E-state index in [4.69, 9.17) is 25.8 Å². The number of benzene rings is 3. The van der Waals surface area contributed by atoms with E-state index in [1.54, 1.807) is 19.9 Å². The zero-order valence-corrected chi connectivity index (χ0v) is 23.9. The monoisotopic (exact) mass is 626 g/mol. The van der Waals surface area contributed by atoms with E-state index in [0.29, 0.717) is 23.7 Å². The minimum atomic E-state index is -0.917. The molecule has 9 nitrogen and oxygen atoms in total. The number of ether oxygens (including phenoxy) is 3. The first-order valence-corrected chi connectivity index (χ1v) is 13.4. The maximum absolute atomic E-state index is 13.3. The Morgan fingerprint density at radius 3 is 2.40 bits per heavy atom. The lowest BCUT2D eigenvalue weighted by Crippen LogP contribution is -2.54. The number of hydrogen-bond acceptors (Lipinski definition) is 7. The quantitative estimate of drug-likeness (QED) is 0.178. The Morgan fingerprint density at radius 2 is 1.73 bits per heavy atom. The van der Waals surface area contributed by atoms with Crippen molar-refractivity contribution in [2.75, 3.05) is 18.1 Å². The van der Waals surface area contributed by atoms with Gasteiger partial charge in [-0.2, -0.15) is 0 Å². The molecule has 0 saturated carbocycles. The highest BCUT2D eigenvalue weighted by atomic mass is 79.9. The maximum atomic E-state index is 13.3. The molecular formula is C29H24BrClN2O7. The second-order valence-corrected chi connectivity index (χ2v) is 9.63. The summed E-state index contributed by atoms with van der Waals surface area (Å²) >= 11 is 10.0. The van der Waals surface area contributed by atoms with Gasteiger partial charge in [-0.3, -0.25) is 14.9 Å². The predicted octanol–water partition coefficient (Wildman–Crippen LogP) is 5.92. The van der Waals surface area contributed by atoms with E-state index < -0.39 is 23.8 Å². The summed E-state index contributed by atoms with van der Waals surface area (Å²) < 4.78 is 17.5. The largest absolute Gasteiger partial charge is 0.490 e. The van der Waals surface area contributed by atoms with Crippen LogP contribution in [0.5, 0.6) is 11.5 Å². The van der Waals surface area contributed by atoms with Gasteiger partial charge in [-0.05, 0) is 68.0 Å². The summed E-state index contributed by atoms with van der Waals surface area (Å²) in [4.78, 5) is 51.3. The summed E-state index contributed by atoms with van der Waals surface area (Å²) in [5.41, 5.74) is 1.40. The Hall–Kier alpha value is -4.15. The van der Waals surface area contributed by atoms with Crippen LogP contribution in [0.1, 0.15) is 35.3 Å². The van der Waals surface area contributed by atoms with E-state index in [-0.39, 0.29) is 35.1 Å². The zero-order chi connectivity index (χ0) is 28.8. The van der Waals surface area contributed by atoms with E-state index in [9.17, 15) is 19.2 Å². The molecule has 1 aliphatic heterocycles. The van der Waals surface area contributed by atoms with E-state index in [1.165, 1.54) is 36.4 Å². The molecule has 3 aromatic carbocycles. The van der Waals surface area contributed by atoms with Crippen LogP contribution >= 0.6 is 27.5 Å². The summed E-state index contributed by atoms with van der Waals surface area (Å²) in [5, 5.41) is 2.37. The van der Waals surface area contributed by atoms with Gasteiger partial charge in [0.05, 0.1) is 29.5 Å². The summed E-state index contributed by atoms with van der Waals surface area (Å²) in [6, 6.07) is 15.5. The molecular weight excluding hydrogens is 604 g/mol. The molecule has 1 aliphatic rings. The van der Waals surface area contributed by atoms with E-state index in [1.807, 2.05) is 24.3 Å². The first kappa shape index (κ1) is 28.8. The number of halogens is 2. The Bertz CT molecular complexity index is 1500. The molecule has 0 bridgehead atoms. The number of amides is 4. The number of carbonyl (C=O) groups is 4. The van der Waals surface area contributed by atoms with Crippen LogP contribution in [0, 0.1) is 0 Å². The molecule has 11 heteroatoms. The highest BCUT2D eigenvalue weighted by Gasteiger charge is 2.37. The number of rotatable bonds is 9. The number of barbiturate groups is 1. The van der Waals surface area contributed by atoms with Crippen molar-refractivity contribution in [3.05, 3.63) is 92.4 Å². The number of imide groups is 2. The Kier molecular flexibility index (Phi) is 9.23. The lowest BCUT2D eigenvalue weighted by atomic mass is 10.1. The third kappa shape index (κ3) is 6.35. The fraction of sp³-hybridized carbons (Fsp3) is 0.172. The van der Waals surface area contributed by atoms with Crippen molar-refractivity contribution in [3.8, 4) is 11.5 Å². The molecule has 1 fully saturated rings. The van der Waals surface area contributed by atoms with Crippen molar-refractivity contribution in [1.82, 2.24) is 5.32 Å². The van der Waals surface area contributed by atoms with E-state index >= 15 is 0 Å². The minimum absolute atomic E-state index is 0.165. The molecule has 4 amide bonds. The van der Waals surface area contributed by atoms with E-state index in [0.717, 1.165) is 14.9 Å². The molecule has 1 N–H and O–H groups in total. The van der Waals surface area contributed by atoms with Crippen molar-refractivity contribution in [2.45, 2.75) is 20.5 Å². The molecule has 0 unspecified atom stereocenters. The topological polar surface area (TPSA) is 111 Å². The summed E-state index contributed by atoms with van der Waals surface area (Å²) in [6.07, 6.45) is 1.32. The van der Waals surface area contributed by atoms with Crippen LogP contribution in [0.3, 0.4) is 0 Å². The number of nitrogens with one attached hydrogen (secondary N) is 1. The average molecular weight is 628 g/mol. The summed E-state index contributed by atoms with van der Waals surface area (Å²) in [5.74, 6) is -1.62. The van der Waals surface area contributed by atoms with Crippen LogP contribution < -0.4 is 19.7 Å². The molecule has 0 aliphatic carbocycles. The first-order valence-electron chi connectivity index (χ1n) is 12.2. The van der Waals surface area contributed by atoms with Gasteiger partial charge in [-0.1, -0.05) is 45.7 Å². The molecule has 0 aromatic heterocycles. The van der Waals surface area contributed by atoms with Crippen molar-refractivity contribution in [1.29, 1.82) is 0 Å². The molecule has 1 saturated heterocycles. The van der Waals surface area contributed by atoms with Crippen LogP contribution in [-0.2, 0) is 20.9 Å². The lowest BCUT2D eigenvalue weighted by Gasteiger charge is -2.26. The molecule has 0 radical (unpaired) electrons. The van der Waals surface area contributed by atoms with Crippen LogP contribution in [-0.4, -0.2) is 37.0 Å². The van der Waals surface area contributed by atoms with Crippen molar-refractivity contribution >= 4 is 63.1 Å². The summed E-state index contributed by atoms with van der Waals surface area (Å²) in [7, 11) is 0. The number of nitrogens with zero attached hydrogens (tertiary/aromatic N) is 1. The van der Waals surface area contributed by atoms with Gasteiger partial charge < -0.3 is 14.2 Å². The summed E-state index contributed by atoms with van der Waals surface area (Å²) in [6.45, 7) is 4.21. The van der Waals surface area contributed by atoms with Crippen molar-refractivity contribution < 1.29 is 33.4 Å². The fourth-order valence-corrected chi connectivity index (χ4v) is 4.53. The van der Waals surface area contributed by atoms with Gasteiger partial charge in [0.15, 0.2) is 11.5 Å². The molecule has 3 aromatic rings. The molecule has 0 atom stereocenters. The Labute approximate surface area is 243 Å². The second kappa shape index (κ2) is 12.8. The van der Waals surface area contributed by atoms with Gasteiger partial charge in [0.2, 0.25) is 0 Å². The van der Waals surface area contributed by atoms with Crippen molar-refractivity contribution in [3.63, 3.8) is 0 Å². The highest BCUT2D eigenvalue weighted by Crippen LogP contribution is 2.38. The number of hydrogen-bond donors (Lipinski definition) is 1. The molecule has 1 heterocycles. The highest BCUT2D eigenvalue weighted by molar-refractivity contribution is 9.10. The number of anilines is 1. The number of esters is 1. The van der Waals surface area contributed by atoms with E-state index in [2.05, 4.69) is 21.2 Å². The fourth-order valence-electron chi connectivity index (χ4n) is 3.86. The Morgan fingerprint density at radius 1 is 1.00 bits per heavy atom. The molecule has 0 spiro atoms. The van der Waals surface area contributed by atoms with Gasteiger partial charge in [0, 0.05) is 10.0 Å². The lowest BCUT2D eigenvalue weighted by molar-refractivity contribution is -0.122. The predicted molar refractivity (Wildman–Crippen MR) is 152 cm³/mol. The molecule has 4 rings (SSSR count). The number of carbonyl (C=O) groups excluding carboxylic acids is 4. The third-order valence-electron chi connectivity index (χ3n) is 5.71. The van der Waals surface area contributed by atoms with Crippen LogP contribution in [0.25, 0.3) is 6.08 Å². The standard InChI is InChI=1S/C29H24BrClN2O7/c1-3-38-24-15-17(14-23(31)25(24)40-16-19-7-5-6-8-22(19)30)13-21-26(34)32-29(37)33(27(21)35)20-11-9-18(10-12-20)28(36)39-4-2/h5-15H,3-4,16H2,1-2H3,(H,32,34,37)/b21-13+. The van der Waals surface area contributed by atoms with Gasteiger partial charge >= 0.3 is 12.0 Å². The number of urea groups is 1. The average Bonchev–Trinajstić information content (AvgIpc) is 2.92.